The van der Waals surface area contributed by atoms with Crippen LogP contribution in [0.5, 0.6) is 0 Å². The van der Waals surface area contributed by atoms with Crippen molar-refractivity contribution in [3.05, 3.63) is 23.8 Å². The van der Waals surface area contributed by atoms with E-state index in [-0.39, 0.29) is 17.7 Å². The second-order valence-electron chi connectivity index (χ2n) is 7.37. The number of carbonyl (C=O) groups excluding carboxylic acids is 2. The molecule has 6 heteroatoms. The van der Waals surface area contributed by atoms with Crippen LogP contribution in [0.3, 0.4) is 0 Å². The Kier molecular flexibility index (Phi) is 5.26. The fourth-order valence-electron chi connectivity index (χ4n) is 3.54. The molecule has 6 nitrogen and oxygen atoms in total. The lowest BCUT2D eigenvalue weighted by molar-refractivity contribution is -0.139. The van der Waals surface area contributed by atoms with Gasteiger partial charge in [-0.15, -0.1) is 0 Å². The predicted molar refractivity (Wildman–Crippen MR) is 91.9 cm³/mol. The Morgan fingerprint density at radius 1 is 1.21 bits per heavy atom. The lowest BCUT2D eigenvalue weighted by Gasteiger charge is -2.39. The SMILES string of the molecule is CCNC(=O)C1CC[C@@](C)(C(=O)NCc2cnc(C)cn2)C1(C)C. The quantitative estimate of drug-likeness (QED) is 0.863. The smallest absolute Gasteiger partial charge is 0.226 e. The Labute approximate surface area is 143 Å². The fraction of sp³-hybridized carbons (Fsp3) is 0.667. The van der Waals surface area contributed by atoms with Gasteiger partial charge in [0.05, 0.1) is 29.5 Å². The number of nitrogens with one attached hydrogen (secondary N) is 2. The van der Waals surface area contributed by atoms with Crippen LogP contribution in [-0.4, -0.2) is 28.3 Å². The molecule has 1 aliphatic rings. The number of aromatic nitrogens is 2. The maximum absolute atomic E-state index is 12.9. The molecule has 1 unspecified atom stereocenters. The zero-order chi connectivity index (χ0) is 18.0. The maximum atomic E-state index is 12.9. The predicted octanol–water partition coefficient (Wildman–Crippen LogP) is 1.98. The number of nitrogens with zero attached hydrogens (tertiary/aromatic N) is 2. The Bertz CT molecular complexity index is 612. The Hall–Kier alpha value is -1.98. The van der Waals surface area contributed by atoms with E-state index in [4.69, 9.17) is 0 Å². The van der Waals surface area contributed by atoms with Crippen LogP contribution in [0.1, 0.15) is 51.9 Å². The van der Waals surface area contributed by atoms with Gasteiger partial charge < -0.3 is 10.6 Å². The molecule has 0 aliphatic heterocycles. The number of amides is 2. The van der Waals surface area contributed by atoms with E-state index in [1.165, 1.54) is 0 Å². The van der Waals surface area contributed by atoms with Crippen LogP contribution >= 0.6 is 0 Å². The summed E-state index contributed by atoms with van der Waals surface area (Å²) in [6.07, 6.45) is 4.80. The van der Waals surface area contributed by atoms with Crippen LogP contribution in [0.15, 0.2) is 12.4 Å². The van der Waals surface area contributed by atoms with Crippen molar-refractivity contribution in [2.45, 2.75) is 54.0 Å². The average Bonchev–Trinajstić information content (AvgIpc) is 2.78. The molecule has 1 aromatic heterocycles. The van der Waals surface area contributed by atoms with E-state index in [1.54, 1.807) is 12.4 Å². The third-order valence-corrected chi connectivity index (χ3v) is 5.66. The highest BCUT2D eigenvalue weighted by atomic mass is 16.2. The normalized spacial score (nSPS) is 25.3. The van der Waals surface area contributed by atoms with E-state index in [1.807, 2.05) is 34.6 Å². The Morgan fingerprint density at radius 2 is 1.92 bits per heavy atom. The van der Waals surface area contributed by atoms with Gasteiger partial charge in [0.1, 0.15) is 0 Å². The molecule has 2 atom stereocenters. The minimum Gasteiger partial charge on any atom is -0.356 e. The molecule has 24 heavy (non-hydrogen) atoms. The van der Waals surface area contributed by atoms with E-state index in [9.17, 15) is 9.59 Å². The van der Waals surface area contributed by atoms with Crippen molar-refractivity contribution < 1.29 is 9.59 Å². The van der Waals surface area contributed by atoms with Crippen molar-refractivity contribution in [1.29, 1.82) is 0 Å². The fourth-order valence-corrected chi connectivity index (χ4v) is 3.54. The summed E-state index contributed by atoms with van der Waals surface area (Å²) in [5.74, 6) is -0.127. The van der Waals surface area contributed by atoms with E-state index < -0.39 is 10.8 Å². The maximum Gasteiger partial charge on any atom is 0.226 e. The lowest BCUT2D eigenvalue weighted by Crippen LogP contribution is -2.49. The zero-order valence-corrected chi connectivity index (χ0v) is 15.3. The van der Waals surface area contributed by atoms with Crippen molar-refractivity contribution in [2.24, 2.45) is 16.7 Å². The van der Waals surface area contributed by atoms with E-state index in [0.29, 0.717) is 19.5 Å². The van der Waals surface area contributed by atoms with E-state index in [2.05, 4.69) is 20.6 Å². The minimum atomic E-state index is -0.582. The van der Waals surface area contributed by atoms with Gasteiger partial charge >= 0.3 is 0 Å². The van der Waals surface area contributed by atoms with Gasteiger partial charge in [0, 0.05) is 18.7 Å². The molecule has 1 aromatic rings. The van der Waals surface area contributed by atoms with Crippen LogP contribution in [0.2, 0.25) is 0 Å². The summed E-state index contributed by atoms with van der Waals surface area (Å²) >= 11 is 0. The first kappa shape index (κ1) is 18.4. The molecule has 0 bridgehead atoms. The van der Waals surface area contributed by atoms with Crippen molar-refractivity contribution in [3.63, 3.8) is 0 Å². The van der Waals surface area contributed by atoms with Crippen LogP contribution in [0.4, 0.5) is 0 Å². The van der Waals surface area contributed by atoms with Crippen molar-refractivity contribution >= 4 is 11.8 Å². The molecule has 132 valence electrons. The first-order valence-corrected chi connectivity index (χ1v) is 8.56. The molecule has 0 radical (unpaired) electrons. The van der Waals surface area contributed by atoms with Gasteiger partial charge in [0.25, 0.3) is 0 Å². The van der Waals surface area contributed by atoms with Gasteiger partial charge in [0.2, 0.25) is 11.8 Å². The van der Waals surface area contributed by atoms with E-state index in [0.717, 1.165) is 17.8 Å². The van der Waals surface area contributed by atoms with E-state index >= 15 is 0 Å². The molecule has 1 saturated carbocycles. The topological polar surface area (TPSA) is 84.0 Å². The average molecular weight is 332 g/mol. The number of aryl methyl sites for hydroxylation is 1. The number of hydrogen-bond acceptors (Lipinski definition) is 4. The van der Waals surface area contributed by atoms with Gasteiger partial charge in [-0.3, -0.25) is 19.6 Å². The van der Waals surface area contributed by atoms with Crippen molar-refractivity contribution in [1.82, 2.24) is 20.6 Å². The summed E-state index contributed by atoms with van der Waals surface area (Å²) in [5, 5.41) is 5.87. The highest BCUT2D eigenvalue weighted by Gasteiger charge is 2.57. The zero-order valence-electron chi connectivity index (χ0n) is 15.3. The summed E-state index contributed by atoms with van der Waals surface area (Å²) in [5.41, 5.74) is 0.586. The van der Waals surface area contributed by atoms with Crippen LogP contribution in [0.25, 0.3) is 0 Å². The van der Waals surface area contributed by atoms with Gasteiger partial charge in [-0.2, -0.15) is 0 Å². The van der Waals surface area contributed by atoms with Gasteiger partial charge in [-0.1, -0.05) is 20.8 Å². The van der Waals surface area contributed by atoms with Crippen molar-refractivity contribution in [2.75, 3.05) is 6.54 Å². The molecule has 0 spiro atoms. The number of rotatable bonds is 5. The summed E-state index contributed by atoms with van der Waals surface area (Å²) in [4.78, 5) is 33.6. The minimum absolute atomic E-state index is 0.0262. The largest absolute Gasteiger partial charge is 0.356 e. The van der Waals surface area contributed by atoms with Crippen LogP contribution in [0, 0.1) is 23.7 Å². The molecular weight excluding hydrogens is 304 g/mol. The Morgan fingerprint density at radius 3 is 2.50 bits per heavy atom. The number of carbonyl (C=O) groups is 2. The first-order chi connectivity index (χ1) is 11.2. The van der Waals surface area contributed by atoms with Crippen LogP contribution < -0.4 is 10.6 Å². The molecule has 2 amide bonds. The van der Waals surface area contributed by atoms with Gasteiger partial charge in [-0.05, 0) is 32.1 Å². The standard InChI is InChI=1S/C18H28N4O2/c1-6-19-15(23)14-7-8-18(5,17(14,3)4)16(24)22-11-13-10-20-12(2)9-21-13/h9-10,14H,6-8,11H2,1-5H3,(H,19,23)(H,22,24)/t14?,18-/m0/s1. The highest BCUT2D eigenvalue weighted by Crippen LogP contribution is 2.56. The monoisotopic (exact) mass is 332 g/mol. The second kappa shape index (κ2) is 6.87. The second-order valence-corrected chi connectivity index (χ2v) is 7.37. The molecule has 0 aromatic carbocycles. The molecule has 1 aliphatic carbocycles. The lowest BCUT2D eigenvalue weighted by atomic mass is 9.65. The molecule has 1 fully saturated rings. The van der Waals surface area contributed by atoms with Gasteiger partial charge in [-0.25, -0.2) is 0 Å². The molecule has 1 heterocycles. The highest BCUT2D eigenvalue weighted by molar-refractivity contribution is 5.87. The third-order valence-electron chi connectivity index (χ3n) is 5.66. The van der Waals surface area contributed by atoms with Crippen molar-refractivity contribution in [3.8, 4) is 0 Å². The number of hydrogen-bond donors (Lipinski definition) is 2. The van der Waals surface area contributed by atoms with Gasteiger partial charge in [0.15, 0.2) is 0 Å². The molecule has 0 saturated heterocycles. The molecule has 2 N–H and O–H groups in total. The molecular formula is C18H28N4O2. The summed E-state index contributed by atoms with van der Waals surface area (Å²) in [6, 6.07) is 0. The molecule has 2 rings (SSSR count). The Balaban J connectivity index is 2.07. The first-order valence-electron chi connectivity index (χ1n) is 8.56. The summed E-state index contributed by atoms with van der Waals surface area (Å²) in [6.45, 7) is 10.7. The summed E-state index contributed by atoms with van der Waals surface area (Å²) in [7, 11) is 0. The third kappa shape index (κ3) is 3.28. The summed E-state index contributed by atoms with van der Waals surface area (Å²) < 4.78 is 0. The van der Waals surface area contributed by atoms with Crippen LogP contribution in [-0.2, 0) is 16.1 Å².